The van der Waals surface area contributed by atoms with Gasteiger partial charge in [-0.2, -0.15) is 0 Å². The van der Waals surface area contributed by atoms with E-state index in [1.807, 2.05) is 11.3 Å². The van der Waals surface area contributed by atoms with Crippen molar-refractivity contribution >= 4 is 11.3 Å². The van der Waals surface area contributed by atoms with E-state index in [-0.39, 0.29) is 0 Å². The quantitative estimate of drug-likeness (QED) is 0.793. The van der Waals surface area contributed by atoms with Gasteiger partial charge in [0.05, 0.1) is 16.7 Å². The molecule has 1 atom stereocenters. The highest BCUT2D eigenvalue weighted by Crippen LogP contribution is 2.33. The van der Waals surface area contributed by atoms with Crippen LogP contribution in [0.5, 0.6) is 0 Å². The minimum absolute atomic E-state index is 0.496. The lowest BCUT2D eigenvalue weighted by atomic mass is 9.98. The van der Waals surface area contributed by atoms with E-state index in [0.29, 0.717) is 6.04 Å². The molecule has 0 aliphatic heterocycles. The van der Waals surface area contributed by atoms with Crippen LogP contribution in [-0.2, 0) is 17.6 Å². The van der Waals surface area contributed by atoms with Crippen molar-refractivity contribution in [3.8, 4) is 0 Å². The van der Waals surface area contributed by atoms with Gasteiger partial charge in [0.25, 0.3) is 0 Å². The van der Waals surface area contributed by atoms with Crippen molar-refractivity contribution in [2.24, 2.45) is 0 Å². The Morgan fingerprint density at radius 2 is 2.41 bits per heavy atom. The van der Waals surface area contributed by atoms with Gasteiger partial charge in [0.1, 0.15) is 0 Å². The Labute approximate surface area is 108 Å². The van der Waals surface area contributed by atoms with E-state index in [2.05, 4.69) is 12.2 Å². The van der Waals surface area contributed by atoms with Crippen LogP contribution in [0.25, 0.3) is 0 Å². The first-order valence-electron chi connectivity index (χ1n) is 6.56. The number of rotatable bonds is 6. The van der Waals surface area contributed by atoms with Gasteiger partial charge in [-0.1, -0.05) is 6.92 Å². The highest BCUT2D eigenvalue weighted by molar-refractivity contribution is 7.11. The topological polar surface area (TPSA) is 34.1 Å². The van der Waals surface area contributed by atoms with Gasteiger partial charge in [-0.15, -0.1) is 11.3 Å². The van der Waals surface area contributed by atoms with Crippen LogP contribution >= 0.6 is 11.3 Å². The van der Waals surface area contributed by atoms with E-state index in [9.17, 15) is 0 Å². The fraction of sp³-hybridized carbons (Fsp3) is 0.769. The number of aromatic nitrogens is 1. The van der Waals surface area contributed by atoms with Crippen LogP contribution in [0.3, 0.4) is 0 Å². The number of hydrogen-bond acceptors (Lipinski definition) is 4. The van der Waals surface area contributed by atoms with E-state index in [1.165, 1.54) is 34.8 Å². The lowest BCUT2D eigenvalue weighted by Crippen LogP contribution is -2.24. The molecule has 1 aromatic heterocycles. The Hall–Kier alpha value is -0.450. The van der Waals surface area contributed by atoms with Crippen LogP contribution in [0.4, 0.5) is 0 Å². The standard InChI is InChI=1S/C13H22N2OS/c1-3-14-10-6-4-7-11-13(10)15-12(17-11)8-5-9-16-2/h10,14H,3-9H2,1-2H3. The zero-order valence-corrected chi connectivity index (χ0v) is 11.6. The maximum Gasteiger partial charge on any atom is 0.0932 e. The van der Waals surface area contributed by atoms with Crippen LogP contribution in [0.2, 0.25) is 0 Å². The van der Waals surface area contributed by atoms with Crippen molar-refractivity contribution in [2.45, 2.75) is 45.1 Å². The number of nitrogens with one attached hydrogen (secondary N) is 1. The van der Waals surface area contributed by atoms with Gasteiger partial charge in [-0.05, 0) is 32.2 Å². The summed E-state index contributed by atoms with van der Waals surface area (Å²) < 4.78 is 5.09. The van der Waals surface area contributed by atoms with E-state index in [4.69, 9.17) is 9.72 Å². The third-order valence-electron chi connectivity index (χ3n) is 3.19. The molecule has 0 radical (unpaired) electrons. The van der Waals surface area contributed by atoms with Crippen molar-refractivity contribution in [1.29, 1.82) is 0 Å². The largest absolute Gasteiger partial charge is 0.385 e. The van der Waals surface area contributed by atoms with Crippen molar-refractivity contribution < 1.29 is 4.74 Å². The second-order valence-electron chi connectivity index (χ2n) is 4.51. The summed E-state index contributed by atoms with van der Waals surface area (Å²) in [5, 5.41) is 4.83. The molecule has 17 heavy (non-hydrogen) atoms. The number of methoxy groups -OCH3 is 1. The average molecular weight is 254 g/mol. The first-order valence-corrected chi connectivity index (χ1v) is 7.37. The number of thiazole rings is 1. The summed E-state index contributed by atoms with van der Waals surface area (Å²) in [6.07, 6.45) is 5.89. The molecule has 0 saturated carbocycles. The van der Waals surface area contributed by atoms with Gasteiger partial charge in [0.15, 0.2) is 0 Å². The molecule has 4 heteroatoms. The number of aryl methyl sites for hydroxylation is 2. The van der Waals surface area contributed by atoms with E-state index >= 15 is 0 Å². The molecule has 1 aliphatic rings. The second-order valence-corrected chi connectivity index (χ2v) is 5.68. The smallest absolute Gasteiger partial charge is 0.0932 e. The SMILES string of the molecule is CCNC1CCCc2sc(CCCOC)nc21. The maximum atomic E-state index is 5.09. The third kappa shape index (κ3) is 3.27. The highest BCUT2D eigenvalue weighted by atomic mass is 32.1. The maximum absolute atomic E-state index is 5.09. The molecule has 1 heterocycles. The van der Waals surface area contributed by atoms with Crippen LogP contribution in [-0.4, -0.2) is 25.2 Å². The highest BCUT2D eigenvalue weighted by Gasteiger charge is 2.23. The molecule has 0 spiro atoms. The van der Waals surface area contributed by atoms with Crippen molar-refractivity contribution in [2.75, 3.05) is 20.3 Å². The predicted molar refractivity (Wildman–Crippen MR) is 71.7 cm³/mol. The van der Waals surface area contributed by atoms with E-state index in [0.717, 1.165) is 26.0 Å². The molecule has 0 aromatic carbocycles. The molecule has 0 saturated heterocycles. The van der Waals surface area contributed by atoms with Crippen molar-refractivity contribution in [3.63, 3.8) is 0 Å². The van der Waals surface area contributed by atoms with Gasteiger partial charge in [-0.3, -0.25) is 0 Å². The number of fused-ring (bicyclic) bond motifs is 1. The van der Waals surface area contributed by atoms with E-state index < -0.39 is 0 Å². The Morgan fingerprint density at radius 1 is 1.53 bits per heavy atom. The molecule has 3 nitrogen and oxygen atoms in total. The van der Waals surface area contributed by atoms with Gasteiger partial charge >= 0.3 is 0 Å². The minimum atomic E-state index is 0.496. The van der Waals surface area contributed by atoms with Gasteiger partial charge in [0, 0.05) is 25.0 Å². The molecule has 0 fully saturated rings. The molecule has 0 bridgehead atoms. The monoisotopic (exact) mass is 254 g/mol. The lowest BCUT2D eigenvalue weighted by Gasteiger charge is -2.21. The molecule has 1 aliphatic carbocycles. The summed E-state index contributed by atoms with van der Waals surface area (Å²) >= 11 is 1.91. The number of hydrogen-bond donors (Lipinski definition) is 1. The van der Waals surface area contributed by atoms with Gasteiger partial charge in [0.2, 0.25) is 0 Å². The second kappa shape index (κ2) is 6.47. The lowest BCUT2D eigenvalue weighted by molar-refractivity contribution is 0.195. The summed E-state index contributed by atoms with van der Waals surface area (Å²) in [6, 6.07) is 0.496. The van der Waals surface area contributed by atoms with Crippen LogP contribution < -0.4 is 5.32 Å². The molecule has 96 valence electrons. The first-order chi connectivity index (χ1) is 8.35. The summed E-state index contributed by atoms with van der Waals surface area (Å²) in [5.74, 6) is 0. The Bertz CT molecular complexity index is 351. The number of ether oxygens (including phenoxy) is 1. The zero-order chi connectivity index (χ0) is 12.1. The summed E-state index contributed by atoms with van der Waals surface area (Å²) in [6.45, 7) is 4.03. The summed E-state index contributed by atoms with van der Waals surface area (Å²) in [7, 11) is 1.76. The molecule has 1 N–H and O–H groups in total. The van der Waals surface area contributed by atoms with E-state index in [1.54, 1.807) is 7.11 Å². The Balaban J connectivity index is 2.02. The molecule has 0 amide bonds. The summed E-state index contributed by atoms with van der Waals surface area (Å²) in [4.78, 5) is 6.33. The normalized spacial score (nSPS) is 19.3. The average Bonchev–Trinajstić information content (AvgIpc) is 2.74. The van der Waals surface area contributed by atoms with Gasteiger partial charge in [-0.25, -0.2) is 4.98 Å². The predicted octanol–water partition coefficient (Wildman–Crippen LogP) is 2.71. The van der Waals surface area contributed by atoms with Crippen LogP contribution in [0.15, 0.2) is 0 Å². The number of nitrogens with zero attached hydrogens (tertiary/aromatic N) is 1. The van der Waals surface area contributed by atoms with Crippen LogP contribution in [0.1, 0.15) is 47.8 Å². The molecule has 1 aromatic rings. The molecular weight excluding hydrogens is 232 g/mol. The van der Waals surface area contributed by atoms with Crippen LogP contribution in [0, 0.1) is 0 Å². The fourth-order valence-electron chi connectivity index (χ4n) is 2.39. The van der Waals surface area contributed by atoms with Crippen molar-refractivity contribution in [3.05, 3.63) is 15.6 Å². The minimum Gasteiger partial charge on any atom is -0.385 e. The molecular formula is C13H22N2OS. The third-order valence-corrected chi connectivity index (χ3v) is 4.38. The van der Waals surface area contributed by atoms with Crippen molar-refractivity contribution in [1.82, 2.24) is 10.3 Å². The van der Waals surface area contributed by atoms with Gasteiger partial charge < -0.3 is 10.1 Å². The summed E-state index contributed by atoms with van der Waals surface area (Å²) in [5.41, 5.74) is 1.33. The zero-order valence-electron chi connectivity index (χ0n) is 10.8. The first kappa shape index (κ1) is 13.0. The fourth-order valence-corrected chi connectivity index (χ4v) is 3.60. The Morgan fingerprint density at radius 3 is 3.18 bits per heavy atom. The molecule has 1 unspecified atom stereocenters. The Kier molecular flexibility index (Phi) is 4.95. The molecule has 2 rings (SSSR count).